The van der Waals surface area contributed by atoms with Gasteiger partial charge in [0.1, 0.15) is 12.3 Å². The van der Waals surface area contributed by atoms with Crippen molar-refractivity contribution in [1.29, 1.82) is 0 Å². The minimum atomic E-state index is 0.00838. The molecule has 1 aliphatic carbocycles. The number of nitrogens with zero attached hydrogens (tertiary/aromatic N) is 2. The van der Waals surface area contributed by atoms with Crippen molar-refractivity contribution in [2.24, 2.45) is 10.8 Å². The molecule has 1 saturated heterocycles. The van der Waals surface area contributed by atoms with Gasteiger partial charge >= 0.3 is 0 Å². The molecule has 2 aromatic rings. The highest BCUT2D eigenvalue weighted by atomic mass is 35.5. The van der Waals surface area contributed by atoms with Crippen molar-refractivity contribution in [3.8, 4) is 5.75 Å². The molecule has 1 aromatic carbocycles. The number of ether oxygens (including phenoxy) is 1. The van der Waals surface area contributed by atoms with Crippen molar-refractivity contribution >= 4 is 29.1 Å². The van der Waals surface area contributed by atoms with E-state index in [1.807, 2.05) is 17.0 Å². The summed E-state index contributed by atoms with van der Waals surface area (Å²) in [4.78, 5) is 19.9. The zero-order valence-electron chi connectivity index (χ0n) is 17.0. The highest BCUT2D eigenvalue weighted by Gasteiger charge is 2.51. The third kappa shape index (κ3) is 4.24. The number of pyridine rings is 1. The number of aromatic nitrogens is 1. The van der Waals surface area contributed by atoms with Gasteiger partial charge in [0.2, 0.25) is 0 Å². The number of halogens is 2. The van der Waals surface area contributed by atoms with Crippen molar-refractivity contribution in [2.75, 3.05) is 6.54 Å². The molecule has 0 N–H and O–H groups in total. The average Bonchev–Trinajstić information content (AvgIpc) is 2.89. The number of carbonyl (C=O) groups is 1. The van der Waals surface area contributed by atoms with Crippen molar-refractivity contribution in [2.45, 2.75) is 52.7 Å². The summed E-state index contributed by atoms with van der Waals surface area (Å²) >= 11 is 12.3. The molecule has 154 valence electrons. The molecule has 0 radical (unpaired) electrons. The van der Waals surface area contributed by atoms with Crippen LogP contribution in [0, 0.1) is 10.8 Å². The number of amides is 1. The highest BCUT2D eigenvalue weighted by molar-refractivity contribution is 6.37. The lowest BCUT2D eigenvalue weighted by Gasteiger charge is -2.39. The molecule has 6 heteroatoms. The van der Waals surface area contributed by atoms with Gasteiger partial charge < -0.3 is 9.64 Å². The van der Waals surface area contributed by atoms with E-state index in [0.29, 0.717) is 33.2 Å². The fourth-order valence-electron chi connectivity index (χ4n) is 5.29. The Morgan fingerprint density at radius 3 is 2.55 bits per heavy atom. The molecule has 29 heavy (non-hydrogen) atoms. The van der Waals surface area contributed by atoms with Crippen molar-refractivity contribution in [1.82, 2.24) is 9.88 Å². The van der Waals surface area contributed by atoms with Gasteiger partial charge in [0.25, 0.3) is 5.91 Å². The first kappa shape index (κ1) is 20.5. The number of fused-ring (bicyclic) bond motifs is 2. The topological polar surface area (TPSA) is 42.4 Å². The first-order chi connectivity index (χ1) is 13.7. The third-order valence-corrected chi connectivity index (χ3v) is 6.58. The van der Waals surface area contributed by atoms with E-state index in [0.717, 1.165) is 25.8 Å². The van der Waals surface area contributed by atoms with Crippen LogP contribution in [0.3, 0.4) is 0 Å². The quantitative estimate of drug-likeness (QED) is 0.593. The Labute approximate surface area is 182 Å². The number of benzene rings is 1. The average molecular weight is 433 g/mol. The molecule has 1 saturated carbocycles. The zero-order valence-corrected chi connectivity index (χ0v) is 18.6. The normalized spacial score (nSPS) is 25.1. The van der Waals surface area contributed by atoms with E-state index in [4.69, 9.17) is 27.9 Å². The first-order valence-corrected chi connectivity index (χ1v) is 10.8. The number of hydrogen-bond acceptors (Lipinski definition) is 3. The van der Waals surface area contributed by atoms with Gasteiger partial charge in [0, 0.05) is 12.6 Å². The molecule has 2 heterocycles. The molecule has 2 aliphatic rings. The second-order valence-corrected chi connectivity index (χ2v) is 10.3. The smallest absolute Gasteiger partial charge is 0.272 e. The zero-order chi connectivity index (χ0) is 20.8. The molecule has 4 nitrogen and oxygen atoms in total. The van der Waals surface area contributed by atoms with E-state index >= 15 is 0 Å². The van der Waals surface area contributed by atoms with Crippen LogP contribution in [-0.4, -0.2) is 28.4 Å². The molecule has 2 atom stereocenters. The minimum absolute atomic E-state index is 0.00838. The minimum Gasteiger partial charge on any atom is -0.484 e. The van der Waals surface area contributed by atoms with Crippen molar-refractivity contribution in [3.63, 3.8) is 0 Å². The van der Waals surface area contributed by atoms with Crippen LogP contribution in [0.2, 0.25) is 10.0 Å². The van der Waals surface area contributed by atoms with Crippen molar-refractivity contribution < 1.29 is 9.53 Å². The molecule has 1 aromatic heterocycles. The molecular weight excluding hydrogens is 407 g/mol. The van der Waals surface area contributed by atoms with Gasteiger partial charge in [-0.25, -0.2) is 4.98 Å². The van der Waals surface area contributed by atoms with Crippen molar-refractivity contribution in [3.05, 3.63) is 57.8 Å². The predicted molar refractivity (Wildman–Crippen MR) is 116 cm³/mol. The van der Waals surface area contributed by atoms with Crippen LogP contribution in [0.25, 0.3) is 0 Å². The van der Waals surface area contributed by atoms with E-state index in [9.17, 15) is 4.79 Å². The van der Waals surface area contributed by atoms with Gasteiger partial charge in [-0.2, -0.15) is 0 Å². The third-order valence-electron chi connectivity index (χ3n) is 5.98. The SMILES string of the molecule is CC1(C)C[C@@H]2C[C@@](C)(CN2C(=O)c2cccc(COc3c(Cl)cccc3Cl)n2)C1. The summed E-state index contributed by atoms with van der Waals surface area (Å²) in [6.45, 7) is 7.92. The second-order valence-electron chi connectivity index (χ2n) is 9.50. The molecule has 0 unspecified atom stereocenters. The number of hydrogen-bond donors (Lipinski definition) is 0. The van der Waals surface area contributed by atoms with Crippen LogP contribution in [0.1, 0.15) is 56.2 Å². The summed E-state index contributed by atoms with van der Waals surface area (Å²) < 4.78 is 5.78. The van der Waals surface area contributed by atoms with E-state index in [1.165, 1.54) is 0 Å². The predicted octanol–water partition coefficient (Wildman–Crippen LogP) is 6.01. The van der Waals surface area contributed by atoms with Gasteiger partial charge in [0.15, 0.2) is 5.75 Å². The summed E-state index contributed by atoms with van der Waals surface area (Å²) in [5.41, 5.74) is 1.60. The van der Waals surface area contributed by atoms with E-state index in [2.05, 4.69) is 25.8 Å². The first-order valence-electron chi connectivity index (χ1n) is 10.00. The maximum absolute atomic E-state index is 13.3. The van der Waals surface area contributed by atoms with E-state index in [1.54, 1.807) is 24.3 Å². The van der Waals surface area contributed by atoms with E-state index in [-0.39, 0.29) is 23.3 Å². The molecule has 1 aliphatic heterocycles. The summed E-state index contributed by atoms with van der Waals surface area (Å²) in [6.07, 6.45) is 3.28. The Kier molecular flexibility index (Phi) is 5.28. The van der Waals surface area contributed by atoms with Gasteiger partial charge in [-0.05, 0) is 54.4 Å². The summed E-state index contributed by atoms with van der Waals surface area (Å²) in [7, 11) is 0. The Morgan fingerprint density at radius 1 is 1.14 bits per heavy atom. The van der Waals surface area contributed by atoms with Crippen LogP contribution in [0.4, 0.5) is 0 Å². The molecular formula is C23H26Cl2N2O2. The largest absolute Gasteiger partial charge is 0.484 e. The lowest BCUT2D eigenvalue weighted by molar-refractivity contribution is 0.0702. The van der Waals surface area contributed by atoms with Crippen LogP contribution < -0.4 is 4.74 Å². The maximum atomic E-state index is 13.3. The molecule has 2 bridgehead atoms. The molecule has 2 fully saturated rings. The number of rotatable bonds is 4. The number of carbonyl (C=O) groups excluding carboxylic acids is 1. The van der Waals surface area contributed by atoms with Crippen LogP contribution >= 0.6 is 23.2 Å². The lowest BCUT2D eigenvalue weighted by Crippen LogP contribution is -2.38. The molecule has 0 spiro atoms. The Hall–Kier alpha value is -1.78. The van der Waals surface area contributed by atoms with Gasteiger partial charge in [-0.1, -0.05) is 56.1 Å². The summed E-state index contributed by atoms with van der Waals surface area (Å²) in [6, 6.07) is 11.0. The van der Waals surface area contributed by atoms with Crippen LogP contribution in [-0.2, 0) is 6.61 Å². The Balaban J connectivity index is 1.50. The molecule has 4 rings (SSSR count). The maximum Gasteiger partial charge on any atom is 0.272 e. The monoisotopic (exact) mass is 432 g/mol. The standard InChI is InChI=1S/C23H26Cl2N2O2/c1-22(2)10-16-11-23(3,13-22)14-27(16)21(28)19-9-4-6-15(26-19)12-29-20-17(24)7-5-8-18(20)25/h4-9,16H,10-14H2,1-3H3/t16-,23-/m1/s1. The molecule has 1 amide bonds. The van der Waals surface area contributed by atoms with Gasteiger partial charge in [-0.3, -0.25) is 4.79 Å². The highest BCUT2D eigenvalue weighted by Crippen LogP contribution is 2.52. The van der Waals surface area contributed by atoms with Gasteiger partial charge in [-0.15, -0.1) is 0 Å². The Morgan fingerprint density at radius 2 is 1.83 bits per heavy atom. The van der Waals surface area contributed by atoms with Crippen LogP contribution in [0.5, 0.6) is 5.75 Å². The fourth-order valence-corrected chi connectivity index (χ4v) is 5.80. The number of para-hydroxylation sites is 1. The lowest BCUT2D eigenvalue weighted by atomic mass is 9.65. The Bertz CT molecular complexity index is 926. The fraction of sp³-hybridized carbons (Fsp3) is 0.478. The van der Waals surface area contributed by atoms with E-state index < -0.39 is 0 Å². The second kappa shape index (κ2) is 7.48. The summed E-state index contributed by atoms with van der Waals surface area (Å²) in [5.74, 6) is 0.437. The summed E-state index contributed by atoms with van der Waals surface area (Å²) in [5, 5.41) is 0.898. The van der Waals surface area contributed by atoms with Crippen LogP contribution in [0.15, 0.2) is 36.4 Å². The number of likely N-dealkylation sites (tertiary alicyclic amines) is 1. The van der Waals surface area contributed by atoms with Gasteiger partial charge in [0.05, 0.1) is 15.7 Å².